The van der Waals surface area contributed by atoms with Gasteiger partial charge in [0.15, 0.2) is 0 Å². The molecule has 4 bridgehead atoms. The number of sulfonamides is 1. The van der Waals surface area contributed by atoms with Gasteiger partial charge in [0, 0.05) is 44.0 Å². The molecule has 0 atom stereocenters. The van der Waals surface area contributed by atoms with Crippen LogP contribution in [0.15, 0.2) is 66.7 Å². The van der Waals surface area contributed by atoms with Gasteiger partial charge in [-0.15, -0.1) is 0 Å². The van der Waals surface area contributed by atoms with Crippen LogP contribution in [0.1, 0.15) is 73.9 Å². The van der Waals surface area contributed by atoms with Crippen LogP contribution in [0.3, 0.4) is 0 Å². The predicted octanol–water partition coefficient (Wildman–Crippen LogP) is 6.91. The standard InChI is InChI=1S/C39H49N3O4S/c1-3-31-21-34(33-6-5-7-37(22-33)46-4-2)8-9-35(31)26-41-14-16-42(17-15-41)36-12-10-32(11-13-36)38(43)40-47(44,45)27-39-23-28-18-29(24-39)20-30(19-28)25-39/h5-13,21-22,28-30H,3-4,14-20,23-27H2,1-2H3,(H,40,43). The van der Waals surface area contributed by atoms with Crippen molar-refractivity contribution in [3.05, 3.63) is 83.4 Å². The first-order chi connectivity index (χ1) is 22.7. The summed E-state index contributed by atoms with van der Waals surface area (Å²) in [5.74, 6) is 2.50. The molecule has 5 fully saturated rings. The van der Waals surface area contributed by atoms with E-state index in [9.17, 15) is 13.2 Å². The third kappa shape index (κ3) is 7.24. The second-order valence-electron chi connectivity index (χ2n) is 14.7. The van der Waals surface area contributed by atoms with Gasteiger partial charge in [-0.25, -0.2) is 13.1 Å². The Bertz CT molecular complexity index is 1660. The van der Waals surface area contributed by atoms with Crippen LogP contribution in [-0.2, 0) is 23.0 Å². The maximum absolute atomic E-state index is 13.2. The van der Waals surface area contributed by atoms with Crippen molar-refractivity contribution in [3.63, 3.8) is 0 Å². The molecule has 8 rings (SSSR count). The van der Waals surface area contributed by atoms with E-state index in [4.69, 9.17) is 4.74 Å². The quantitative estimate of drug-likeness (QED) is 0.242. The fourth-order valence-corrected chi connectivity index (χ4v) is 11.2. The first-order valence-corrected chi connectivity index (χ1v) is 19.3. The number of amides is 1. The highest BCUT2D eigenvalue weighted by Crippen LogP contribution is 2.60. The maximum atomic E-state index is 13.2. The highest BCUT2D eigenvalue weighted by Gasteiger charge is 2.52. The Balaban J connectivity index is 0.921. The molecule has 1 amide bonds. The minimum absolute atomic E-state index is 0.0871. The molecule has 250 valence electrons. The number of ether oxygens (including phenoxy) is 1. The normalized spacial score (nSPS) is 25.6. The molecule has 0 radical (unpaired) electrons. The van der Waals surface area contributed by atoms with Crippen LogP contribution >= 0.6 is 0 Å². The molecule has 4 aliphatic carbocycles. The third-order valence-corrected chi connectivity index (χ3v) is 12.7. The summed E-state index contributed by atoms with van der Waals surface area (Å²) in [6.07, 6.45) is 7.81. The lowest BCUT2D eigenvalue weighted by molar-refractivity contribution is -0.0391. The highest BCUT2D eigenvalue weighted by atomic mass is 32.2. The van der Waals surface area contributed by atoms with Crippen LogP contribution in [0.4, 0.5) is 5.69 Å². The Morgan fingerprint density at radius 2 is 1.49 bits per heavy atom. The number of anilines is 1. The maximum Gasteiger partial charge on any atom is 0.264 e. The molecular weight excluding hydrogens is 607 g/mol. The first kappa shape index (κ1) is 32.2. The van der Waals surface area contributed by atoms with Gasteiger partial charge in [0.2, 0.25) is 10.0 Å². The van der Waals surface area contributed by atoms with E-state index < -0.39 is 15.9 Å². The van der Waals surface area contributed by atoms with E-state index in [0.717, 1.165) is 69.8 Å². The van der Waals surface area contributed by atoms with Crippen molar-refractivity contribution in [2.24, 2.45) is 23.2 Å². The molecule has 1 saturated heterocycles. The summed E-state index contributed by atoms with van der Waals surface area (Å²) < 4.78 is 34.5. The first-order valence-electron chi connectivity index (χ1n) is 17.7. The topological polar surface area (TPSA) is 79.0 Å². The van der Waals surface area contributed by atoms with Crippen molar-refractivity contribution in [3.8, 4) is 16.9 Å². The Kier molecular flexibility index (Phi) is 9.09. The van der Waals surface area contributed by atoms with E-state index in [1.807, 2.05) is 25.1 Å². The average Bonchev–Trinajstić information content (AvgIpc) is 3.04. The Morgan fingerprint density at radius 3 is 2.13 bits per heavy atom. The summed E-state index contributed by atoms with van der Waals surface area (Å²) in [6.45, 7) is 9.51. The SMILES string of the molecule is CCOc1cccc(-c2ccc(CN3CCN(c4ccc(C(=O)NS(=O)(=O)CC56CC7CC(CC(C7)C5)C6)cc4)CC3)c(CC)c2)c1. The smallest absolute Gasteiger partial charge is 0.264 e. The zero-order chi connectivity index (χ0) is 32.6. The molecule has 1 aliphatic heterocycles. The van der Waals surface area contributed by atoms with Crippen LogP contribution < -0.4 is 14.4 Å². The number of nitrogens with zero attached hydrogens (tertiary/aromatic N) is 2. The van der Waals surface area contributed by atoms with Gasteiger partial charge in [0.05, 0.1) is 12.4 Å². The van der Waals surface area contributed by atoms with E-state index in [0.29, 0.717) is 29.9 Å². The molecule has 3 aromatic rings. The lowest BCUT2D eigenvalue weighted by atomic mass is 9.50. The van der Waals surface area contributed by atoms with Gasteiger partial charge in [-0.3, -0.25) is 9.69 Å². The molecule has 5 aliphatic rings. The van der Waals surface area contributed by atoms with Crippen LogP contribution in [0.25, 0.3) is 11.1 Å². The minimum Gasteiger partial charge on any atom is -0.494 e. The van der Waals surface area contributed by atoms with Crippen LogP contribution in [0.2, 0.25) is 0 Å². The zero-order valence-corrected chi connectivity index (χ0v) is 28.7. The largest absolute Gasteiger partial charge is 0.494 e. The number of hydrogen-bond acceptors (Lipinski definition) is 6. The number of nitrogens with one attached hydrogen (secondary N) is 1. The number of carbonyl (C=O) groups is 1. The van der Waals surface area contributed by atoms with E-state index in [2.05, 4.69) is 57.8 Å². The van der Waals surface area contributed by atoms with Crippen molar-refractivity contribution in [2.75, 3.05) is 43.4 Å². The van der Waals surface area contributed by atoms with Gasteiger partial charge in [-0.2, -0.15) is 0 Å². The third-order valence-electron chi connectivity index (χ3n) is 11.2. The van der Waals surface area contributed by atoms with Crippen molar-refractivity contribution in [1.82, 2.24) is 9.62 Å². The molecule has 4 saturated carbocycles. The van der Waals surface area contributed by atoms with E-state index in [-0.39, 0.29) is 11.2 Å². The second-order valence-corrected chi connectivity index (χ2v) is 16.4. The van der Waals surface area contributed by atoms with Gasteiger partial charge in [0.1, 0.15) is 5.75 Å². The molecule has 47 heavy (non-hydrogen) atoms. The lowest BCUT2D eigenvalue weighted by Crippen LogP contribution is -2.51. The fraction of sp³-hybridized carbons (Fsp3) is 0.513. The van der Waals surface area contributed by atoms with Crippen molar-refractivity contribution < 1.29 is 17.9 Å². The summed E-state index contributed by atoms with van der Waals surface area (Å²) in [5.41, 5.74) is 6.46. The summed E-state index contributed by atoms with van der Waals surface area (Å²) >= 11 is 0. The number of benzene rings is 3. The molecule has 3 aromatic carbocycles. The minimum atomic E-state index is -3.70. The number of carbonyl (C=O) groups excluding carboxylic acids is 1. The highest BCUT2D eigenvalue weighted by molar-refractivity contribution is 7.90. The summed E-state index contributed by atoms with van der Waals surface area (Å²) in [7, 11) is -3.70. The molecule has 0 spiro atoms. The monoisotopic (exact) mass is 655 g/mol. The Labute approximate surface area is 280 Å². The summed E-state index contributed by atoms with van der Waals surface area (Å²) in [6, 6.07) is 22.6. The predicted molar refractivity (Wildman–Crippen MR) is 188 cm³/mol. The van der Waals surface area contributed by atoms with Gasteiger partial charge in [0.25, 0.3) is 5.91 Å². The average molecular weight is 656 g/mol. The molecule has 7 nitrogen and oxygen atoms in total. The van der Waals surface area contributed by atoms with Crippen LogP contribution in [-0.4, -0.2) is 57.8 Å². The fourth-order valence-electron chi connectivity index (χ4n) is 9.56. The van der Waals surface area contributed by atoms with E-state index in [1.54, 1.807) is 12.1 Å². The van der Waals surface area contributed by atoms with E-state index in [1.165, 1.54) is 41.5 Å². The summed E-state index contributed by atoms with van der Waals surface area (Å²) in [4.78, 5) is 17.9. The molecule has 1 N–H and O–H groups in total. The van der Waals surface area contributed by atoms with E-state index >= 15 is 0 Å². The van der Waals surface area contributed by atoms with Crippen molar-refractivity contribution in [2.45, 2.75) is 65.3 Å². The Morgan fingerprint density at radius 1 is 0.830 bits per heavy atom. The lowest BCUT2D eigenvalue weighted by Gasteiger charge is -2.56. The van der Waals surface area contributed by atoms with Gasteiger partial charge in [-0.1, -0.05) is 37.3 Å². The Hall–Kier alpha value is -3.36. The molecule has 0 aromatic heterocycles. The second kappa shape index (κ2) is 13.3. The molecule has 1 heterocycles. The van der Waals surface area contributed by atoms with Gasteiger partial charge >= 0.3 is 0 Å². The zero-order valence-electron chi connectivity index (χ0n) is 27.9. The van der Waals surface area contributed by atoms with Gasteiger partial charge < -0.3 is 9.64 Å². The number of piperazine rings is 1. The van der Waals surface area contributed by atoms with Crippen molar-refractivity contribution in [1.29, 1.82) is 0 Å². The molecule has 8 heteroatoms. The van der Waals surface area contributed by atoms with Crippen LogP contribution in [0, 0.1) is 23.2 Å². The number of aryl methyl sites for hydroxylation is 1. The molecular formula is C39H49N3O4S. The number of rotatable bonds is 11. The van der Waals surface area contributed by atoms with Gasteiger partial charge in [-0.05, 0) is 134 Å². The van der Waals surface area contributed by atoms with Crippen molar-refractivity contribution >= 4 is 21.6 Å². The molecule has 0 unspecified atom stereocenters. The summed E-state index contributed by atoms with van der Waals surface area (Å²) in [5, 5.41) is 0. The number of hydrogen-bond donors (Lipinski definition) is 1. The van der Waals surface area contributed by atoms with Crippen LogP contribution in [0.5, 0.6) is 5.75 Å².